The van der Waals surface area contributed by atoms with Gasteiger partial charge in [0.1, 0.15) is 17.3 Å². The Morgan fingerprint density at radius 3 is 2.86 bits per heavy atom. The fourth-order valence-electron chi connectivity index (χ4n) is 3.67. The van der Waals surface area contributed by atoms with E-state index in [1.165, 1.54) is 0 Å². The number of anilines is 1. The second-order valence-corrected chi connectivity index (χ2v) is 7.90. The quantitative estimate of drug-likeness (QED) is 0.779. The molecular weight excluding hydrogens is 366 g/mol. The van der Waals surface area contributed by atoms with E-state index in [0.717, 1.165) is 29.9 Å². The van der Waals surface area contributed by atoms with Crippen molar-refractivity contribution >= 4 is 17.6 Å². The number of ether oxygens (including phenoxy) is 2. The Bertz CT molecular complexity index is 980. The molecule has 6 nitrogen and oxygen atoms in total. The topological polar surface area (TPSA) is 64.0 Å². The lowest BCUT2D eigenvalue weighted by Gasteiger charge is -2.25. The molecule has 29 heavy (non-hydrogen) atoms. The van der Waals surface area contributed by atoms with Crippen LogP contribution in [0.5, 0.6) is 11.5 Å². The normalized spacial score (nSPS) is 16.9. The first-order valence-corrected chi connectivity index (χ1v) is 9.85. The zero-order valence-corrected chi connectivity index (χ0v) is 17.0. The van der Waals surface area contributed by atoms with Crippen LogP contribution in [0.2, 0.25) is 0 Å². The predicted octanol–water partition coefficient (Wildman–Crippen LogP) is 4.30. The summed E-state index contributed by atoms with van der Waals surface area (Å²) in [5.41, 5.74) is 1.73. The summed E-state index contributed by atoms with van der Waals surface area (Å²) in [5.74, 6) is 2.33. The number of amidine groups is 1. The number of benzene rings is 1. The minimum absolute atomic E-state index is 0.126. The molecule has 4 rings (SSSR count). The van der Waals surface area contributed by atoms with Gasteiger partial charge in [0.05, 0.1) is 0 Å². The van der Waals surface area contributed by atoms with Gasteiger partial charge in [0.25, 0.3) is 5.91 Å². The van der Waals surface area contributed by atoms with Crippen LogP contribution in [0.1, 0.15) is 39.2 Å². The van der Waals surface area contributed by atoms with Crippen LogP contribution in [0.25, 0.3) is 0 Å². The van der Waals surface area contributed by atoms with Crippen LogP contribution in [0.3, 0.4) is 0 Å². The second kappa shape index (κ2) is 7.70. The van der Waals surface area contributed by atoms with E-state index in [1.54, 1.807) is 17.2 Å². The summed E-state index contributed by atoms with van der Waals surface area (Å²) in [6.45, 7) is 5.89. The number of allylic oxidation sites excluding steroid dienone is 2. The zero-order chi connectivity index (χ0) is 20.4. The van der Waals surface area contributed by atoms with Crippen molar-refractivity contribution in [2.75, 3.05) is 11.5 Å². The molecule has 0 unspecified atom stereocenters. The number of amides is 1. The number of hydrogen-bond acceptors (Lipinski definition) is 5. The molecule has 0 spiro atoms. The molecule has 0 bridgehead atoms. The zero-order valence-electron chi connectivity index (χ0n) is 17.0. The number of para-hydroxylation sites is 1. The Labute approximate surface area is 170 Å². The number of pyridine rings is 1. The molecule has 150 valence electrons. The highest BCUT2D eigenvalue weighted by atomic mass is 16.5. The van der Waals surface area contributed by atoms with Crippen LogP contribution in [0, 0.1) is 0 Å². The Balaban J connectivity index is 1.56. The third-order valence-electron chi connectivity index (χ3n) is 4.91. The van der Waals surface area contributed by atoms with Crippen molar-refractivity contribution in [2.24, 2.45) is 4.99 Å². The summed E-state index contributed by atoms with van der Waals surface area (Å²) in [7, 11) is 0. The van der Waals surface area contributed by atoms with E-state index in [2.05, 4.69) is 16.1 Å². The van der Waals surface area contributed by atoms with Crippen LogP contribution in [0.15, 0.2) is 59.4 Å². The molecule has 0 saturated carbocycles. The van der Waals surface area contributed by atoms with Crippen molar-refractivity contribution in [3.05, 3.63) is 59.9 Å². The molecule has 2 aliphatic rings. The Hall–Kier alpha value is -3.15. The van der Waals surface area contributed by atoms with Crippen molar-refractivity contribution < 1.29 is 14.3 Å². The highest BCUT2D eigenvalue weighted by Crippen LogP contribution is 2.41. The average molecular weight is 391 g/mol. The van der Waals surface area contributed by atoms with Crippen molar-refractivity contribution in [1.82, 2.24) is 4.98 Å². The fourth-order valence-corrected chi connectivity index (χ4v) is 3.67. The SMILES string of the molecule is CC1=CCCC(N(C(=O)COc2cccc3c2OC(C)(C)C3)c2ccccn2)=N1. The number of carbonyl (C=O) groups is 1. The number of aromatic nitrogens is 1. The lowest BCUT2D eigenvalue weighted by Crippen LogP contribution is -2.41. The first-order valence-electron chi connectivity index (χ1n) is 9.85. The molecule has 1 aromatic carbocycles. The van der Waals surface area contributed by atoms with Gasteiger partial charge in [-0.1, -0.05) is 24.3 Å². The van der Waals surface area contributed by atoms with Crippen LogP contribution in [-0.2, 0) is 11.2 Å². The molecule has 1 aromatic heterocycles. The van der Waals surface area contributed by atoms with E-state index in [0.29, 0.717) is 23.8 Å². The maximum absolute atomic E-state index is 13.2. The van der Waals surface area contributed by atoms with Gasteiger partial charge in [-0.15, -0.1) is 0 Å². The molecule has 0 aliphatic carbocycles. The number of hydrogen-bond donors (Lipinski definition) is 0. The lowest BCUT2D eigenvalue weighted by molar-refractivity contribution is -0.119. The summed E-state index contributed by atoms with van der Waals surface area (Å²) in [6, 6.07) is 11.3. The van der Waals surface area contributed by atoms with E-state index >= 15 is 0 Å². The predicted molar refractivity (Wildman–Crippen MR) is 112 cm³/mol. The minimum atomic E-state index is -0.271. The second-order valence-electron chi connectivity index (χ2n) is 7.90. The Kier molecular flexibility index (Phi) is 5.09. The molecule has 3 heterocycles. The van der Waals surface area contributed by atoms with Gasteiger partial charge in [0.15, 0.2) is 18.1 Å². The van der Waals surface area contributed by atoms with E-state index < -0.39 is 0 Å². The van der Waals surface area contributed by atoms with E-state index in [4.69, 9.17) is 9.47 Å². The van der Waals surface area contributed by atoms with Crippen molar-refractivity contribution in [3.63, 3.8) is 0 Å². The minimum Gasteiger partial charge on any atom is -0.483 e. The summed E-state index contributed by atoms with van der Waals surface area (Å²) in [5, 5.41) is 0. The van der Waals surface area contributed by atoms with Crippen LogP contribution >= 0.6 is 0 Å². The van der Waals surface area contributed by atoms with E-state index in [9.17, 15) is 4.79 Å². The van der Waals surface area contributed by atoms with Crippen LogP contribution in [-0.4, -0.2) is 28.9 Å². The maximum Gasteiger partial charge on any atom is 0.271 e. The first-order chi connectivity index (χ1) is 13.9. The molecule has 6 heteroatoms. The summed E-state index contributed by atoms with van der Waals surface area (Å²) >= 11 is 0. The van der Waals surface area contributed by atoms with Gasteiger partial charge in [-0.25, -0.2) is 14.9 Å². The molecule has 2 aliphatic heterocycles. The molecule has 1 amide bonds. The first kappa shape index (κ1) is 19.2. The molecule has 0 fully saturated rings. The standard InChI is InChI=1S/C23H25N3O3/c1-16-8-6-12-20(25-16)26(19-11-4-5-13-24-19)21(27)15-28-18-10-7-9-17-14-23(2,3)29-22(17)18/h4-5,7-11,13H,6,12,14-15H2,1-3H3. The Morgan fingerprint density at radius 1 is 1.24 bits per heavy atom. The van der Waals surface area contributed by atoms with E-state index in [-0.39, 0.29) is 18.1 Å². The van der Waals surface area contributed by atoms with E-state index in [1.807, 2.05) is 51.1 Å². The van der Waals surface area contributed by atoms with Gasteiger partial charge >= 0.3 is 0 Å². The third kappa shape index (κ3) is 4.16. The molecule has 0 atom stereocenters. The van der Waals surface area contributed by atoms with Gasteiger partial charge in [-0.3, -0.25) is 4.79 Å². The number of aliphatic imine (C=N–C) groups is 1. The smallest absolute Gasteiger partial charge is 0.271 e. The van der Waals surface area contributed by atoms with Gasteiger partial charge < -0.3 is 9.47 Å². The Morgan fingerprint density at radius 2 is 2.10 bits per heavy atom. The summed E-state index contributed by atoms with van der Waals surface area (Å²) < 4.78 is 12.0. The lowest BCUT2D eigenvalue weighted by atomic mass is 10.0. The molecular formula is C23H25N3O3. The number of nitrogens with zero attached hydrogens (tertiary/aromatic N) is 3. The average Bonchev–Trinajstić information content (AvgIpc) is 3.02. The van der Waals surface area contributed by atoms with Crippen molar-refractivity contribution in [1.29, 1.82) is 0 Å². The number of rotatable bonds is 4. The van der Waals surface area contributed by atoms with Gasteiger partial charge in [0, 0.05) is 30.3 Å². The molecule has 0 N–H and O–H groups in total. The number of carbonyl (C=O) groups excluding carboxylic acids is 1. The molecule has 0 saturated heterocycles. The highest BCUT2D eigenvalue weighted by molar-refractivity contribution is 6.17. The van der Waals surface area contributed by atoms with Gasteiger partial charge in [-0.2, -0.15) is 0 Å². The van der Waals surface area contributed by atoms with Gasteiger partial charge in [-0.05, 0) is 45.4 Å². The van der Waals surface area contributed by atoms with Crippen LogP contribution < -0.4 is 14.4 Å². The highest BCUT2D eigenvalue weighted by Gasteiger charge is 2.33. The monoisotopic (exact) mass is 391 g/mol. The summed E-state index contributed by atoms with van der Waals surface area (Å²) in [4.78, 5) is 23.7. The maximum atomic E-state index is 13.2. The number of fused-ring (bicyclic) bond motifs is 1. The third-order valence-corrected chi connectivity index (χ3v) is 4.91. The van der Waals surface area contributed by atoms with Crippen molar-refractivity contribution in [2.45, 2.75) is 45.6 Å². The van der Waals surface area contributed by atoms with Gasteiger partial charge in [0.2, 0.25) is 0 Å². The summed E-state index contributed by atoms with van der Waals surface area (Å²) in [6.07, 6.45) is 6.07. The fraction of sp³-hybridized carbons (Fsp3) is 0.348. The largest absolute Gasteiger partial charge is 0.483 e. The molecule has 2 aromatic rings. The van der Waals surface area contributed by atoms with Crippen LogP contribution in [0.4, 0.5) is 5.82 Å². The van der Waals surface area contributed by atoms with Crippen molar-refractivity contribution in [3.8, 4) is 11.5 Å². The molecule has 0 radical (unpaired) electrons.